The summed E-state index contributed by atoms with van der Waals surface area (Å²) >= 11 is 1.38. The average molecular weight is 390 g/mol. The highest BCUT2D eigenvalue weighted by Gasteiger charge is 2.10. The summed E-state index contributed by atoms with van der Waals surface area (Å²) in [6.45, 7) is 0.600. The normalized spacial score (nSPS) is 10.6. The molecule has 6 heteroatoms. The first-order chi connectivity index (χ1) is 13.8. The maximum atomic E-state index is 12.0. The van der Waals surface area contributed by atoms with E-state index in [0.717, 1.165) is 22.4 Å². The fourth-order valence-corrected chi connectivity index (χ4v) is 3.57. The average Bonchev–Trinajstić information content (AvgIpc) is 3.11. The number of rotatable bonds is 6. The Labute approximate surface area is 166 Å². The molecule has 4 aromatic rings. The number of hydrogen-bond acceptors (Lipinski definition) is 5. The first kappa shape index (κ1) is 18.0. The number of nitrogens with zero attached hydrogens (tertiary/aromatic N) is 1. The van der Waals surface area contributed by atoms with Crippen molar-refractivity contribution in [2.45, 2.75) is 6.42 Å². The first-order valence-electron chi connectivity index (χ1n) is 8.87. The molecule has 0 radical (unpaired) electrons. The number of amides is 1. The number of carbonyl (C=O) groups excluding carboxylic acids is 1. The van der Waals surface area contributed by atoms with Crippen LogP contribution in [0, 0.1) is 0 Å². The largest absolute Gasteiger partial charge is 0.493 e. The first-order valence-corrected chi connectivity index (χ1v) is 9.69. The van der Waals surface area contributed by atoms with Gasteiger partial charge in [0, 0.05) is 6.42 Å². The minimum absolute atomic E-state index is 0.482. The van der Waals surface area contributed by atoms with Gasteiger partial charge in [-0.25, -0.2) is 9.78 Å². The van der Waals surface area contributed by atoms with Gasteiger partial charge in [-0.1, -0.05) is 59.9 Å². The Morgan fingerprint density at radius 1 is 0.929 bits per heavy atom. The van der Waals surface area contributed by atoms with Gasteiger partial charge in [0.1, 0.15) is 11.5 Å². The van der Waals surface area contributed by atoms with Gasteiger partial charge in [-0.15, -0.1) is 0 Å². The lowest BCUT2D eigenvalue weighted by atomic mass is 10.2. The zero-order valence-corrected chi connectivity index (χ0v) is 15.8. The molecule has 1 amide bonds. The lowest BCUT2D eigenvalue weighted by molar-refractivity contribution is 0.215. The molecule has 0 spiro atoms. The highest BCUT2D eigenvalue weighted by molar-refractivity contribution is 7.22. The van der Waals surface area contributed by atoms with Gasteiger partial charge in [0.2, 0.25) is 0 Å². The molecule has 0 aliphatic rings. The highest BCUT2D eigenvalue weighted by atomic mass is 32.1. The fraction of sp³-hybridized carbons (Fsp3) is 0.0909. The summed E-state index contributed by atoms with van der Waals surface area (Å²) in [5.74, 6) is 1.26. The molecule has 0 fully saturated rings. The van der Waals surface area contributed by atoms with Crippen LogP contribution in [-0.2, 0) is 6.42 Å². The van der Waals surface area contributed by atoms with E-state index in [1.165, 1.54) is 16.9 Å². The molecule has 5 nitrogen and oxygen atoms in total. The molecule has 0 aliphatic heterocycles. The molecule has 1 heterocycles. The van der Waals surface area contributed by atoms with Crippen molar-refractivity contribution in [2.24, 2.45) is 0 Å². The number of aromatic nitrogens is 1. The summed E-state index contributed by atoms with van der Waals surface area (Å²) in [6, 6.07) is 24.8. The number of ether oxygens (including phenoxy) is 2. The smallest absolute Gasteiger partial charge is 0.418 e. The second kappa shape index (κ2) is 8.54. The van der Waals surface area contributed by atoms with Crippen LogP contribution >= 0.6 is 11.3 Å². The van der Waals surface area contributed by atoms with Crippen molar-refractivity contribution in [3.8, 4) is 11.5 Å². The predicted octanol–water partition coefficient (Wildman–Crippen LogP) is 5.53. The minimum atomic E-state index is -0.565. The van der Waals surface area contributed by atoms with Crippen LogP contribution in [0.25, 0.3) is 10.2 Å². The molecule has 0 aliphatic carbocycles. The molecule has 0 saturated carbocycles. The van der Waals surface area contributed by atoms with Crippen molar-refractivity contribution in [3.05, 3.63) is 84.4 Å². The van der Waals surface area contributed by atoms with Gasteiger partial charge in [0.15, 0.2) is 5.13 Å². The van der Waals surface area contributed by atoms with Crippen molar-refractivity contribution >= 4 is 32.8 Å². The lowest BCUT2D eigenvalue weighted by Gasteiger charge is -2.06. The third-order valence-electron chi connectivity index (χ3n) is 4.02. The molecular weight excluding hydrogens is 372 g/mol. The third kappa shape index (κ3) is 4.66. The Hall–Kier alpha value is -3.38. The topological polar surface area (TPSA) is 60.5 Å². The van der Waals surface area contributed by atoms with E-state index in [4.69, 9.17) is 9.47 Å². The molecule has 1 aromatic heterocycles. The van der Waals surface area contributed by atoms with Gasteiger partial charge < -0.3 is 9.47 Å². The Morgan fingerprint density at radius 2 is 1.68 bits per heavy atom. The molecule has 28 heavy (non-hydrogen) atoms. The minimum Gasteiger partial charge on any atom is -0.493 e. The van der Waals surface area contributed by atoms with Crippen molar-refractivity contribution < 1.29 is 14.3 Å². The maximum absolute atomic E-state index is 12.0. The van der Waals surface area contributed by atoms with Crippen molar-refractivity contribution in [1.29, 1.82) is 0 Å². The summed E-state index contributed by atoms with van der Waals surface area (Å²) in [4.78, 5) is 16.4. The molecule has 0 atom stereocenters. The van der Waals surface area contributed by atoms with Crippen LogP contribution in [0.2, 0.25) is 0 Å². The number of hydrogen-bond donors (Lipinski definition) is 1. The van der Waals surface area contributed by atoms with Crippen LogP contribution in [0.4, 0.5) is 9.93 Å². The Morgan fingerprint density at radius 3 is 2.46 bits per heavy atom. The number of nitrogens with one attached hydrogen (secondary N) is 1. The second-order valence-electron chi connectivity index (χ2n) is 6.06. The maximum Gasteiger partial charge on any atom is 0.418 e. The van der Waals surface area contributed by atoms with Gasteiger partial charge in [0.05, 0.1) is 16.8 Å². The highest BCUT2D eigenvalue weighted by Crippen LogP contribution is 2.29. The number of fused-ring (bicyclic) bond motifs is 1. The SMILES string of the molecule is O=C(Nc1nc2ccc(OCCc3ccccc3)cc2s1)Oc1ccccc1. The van der Waals surface area contributed by atoms with E-state index in [0.29, 0.717) is 17.5 Å². The van der Waals surface area contributed by atoms with Crippen molar-refractivity contribution in [2.75, 3.05) is 11.9 Å². The van der Waals surface area contributed by atoms with E-state index >= 15 is 0 Å². The molecule has 0 unspecified atom stereocenters. The third-order valence-corrected chi connectivity index (χ3v) is 4.96. The summed E-state index contributed by atoms with van der Waals surface area (Å²) in [5.41, 5.74) is 2.04. The van der Waals surface area contributed by atoms with Crippen LogP contribution in [0.1, 0.15) is 5.56 Å². The molecule has 0 bridgehead atoms. The summed E-state index contributed by atoms with van der Waals surface area (Å²) in [6.07, 6.45) is 0.282. The summed E-state index contributed by atoms with van der Waals surface area (Å²) in [7, 11) is 0. The van der Waals surface area contributed by atoms with Crippen LogP contribution in [0.5, 0.6) is 11.5 Å². The number of carbonyl (C=O) groups is 1. The predicted molar refractivity (Wildman–Crippen MR) is 111 cm³/mol. The monoisotopic (exact) mass is 390 g/mol. The standard InChI is InChI=1S/C22H18N2O3S/c25-22(27-17-9-5-2-6-10-17)24-21-23-19-12-11-18(15-20(19)28-21)26-14-13-16-7-3-1-4-8-16/h1-12,15H,13-14H2,(H,23,24,25). The van der Waals surface area contributed by atoms with Gasteiger partial charge in [-0.2, -0.15) is 0 Å². The quantitative estimate of drug-likeness (QED) is 0.470. The van der Waals surface area contributed by atoms with E-state index < -0.39 is 6.09 Å². The van der Waals surface area contributed by atoms with Crippen LogP contribution in [-0.4, -0.2) is 17.7 Å². The van der Waals surface area contributed by atoms with E-state index in [9.17, 15) is 4.79 Å². The second-order valence-corrected chi connectivity index (χ2v) is 7.09. The van der Waals surface area contributed by atoms with Gasteiger partial charge in [-0.3, -0.25) is 5.32 Å². The fourth-order valence-electron chi connectivity index (χ4n) is 2.69. The Kier molecular flexibility index (Phi) is 5.49. The van der Waals surface area contributed by atoms with E-state index in [1.54, 1.807) is 24.3 Å². The summed E-state index contributed by atoms with van der Waals surface area (Å²) < 4.78 is 12.0. The van der Waals surface area contributed by atoms with Crippen LogP contribution < -0.4 is 14.8 Å². The van der Waals surface area contributed by atoms with E-state index in [1.807, 2.05) is 42.5 Å². The number of anilines is 1. The zero-order valence-electron chi connectivity index (χ0n) is 15.0. The van der Waals surface area contributed by atoms with Crippen LogP contribution in [0.3, 0.4) is 0 Å². The Balaban J connectivity index is 1.36. The van der Waals surface area contributed by atoms with E-state index in [-0.39, 0.29) is 0 Å². The Bertz CT molecular complexity index is 1070. The molecule has 3 aromatic carbocycles. The summed E-state index contributed by atoms with van der Waals surface area (Å²) in [5, 5.41) is 3.15. The molecule has 0 saturated heterocycles. The van der Waals surface area contributed by atoms with Crippen molar-refractivity contribution in [1.82, 2.24) is 4.98 Å². The molecular formula is C22H18N2O3S. The molecule has 1 N–H and O–H groups in total. The van der Waals surface area contributed by atoms with Gasteiger partial charge in [0.25, 0.3) is 0 Å². The number of thiazole rings is 1. The lowest BCUT2D eigenvalue weighted by Crippen LogP contribution is -2.16. The van der Waals surface area contributed by atoms with E-state index in [2.05, 4.69) is 22.4 Å². The number of para-hydroxylation sites is 1. The molecule has 4 rings (SSSR count). The number of benzene rings is 3. The van der Waals surface area contributed by atoms with Gasteiger partial charge >= 0.3 is 6.09 Å². The van der Waals surface area contributed by atoms with Crippen LogP contribution in [0.15, 0.2) is 78.9 Å². The molecule has 140 valence electrons. The zero-order chi connectivity index (χ0) is 19.2. The van der Waals surface area contributed by atoms with Crippen molar-refractivity contribution in [3.63, 3.8) is 0 Å². The van der Waals surface area contributed by atoms with Gasteiger partial charge in [-0.05, 0) is 35.9 Å².